The molecule has 0 amide bonds. The fourth-order valence-corrected chi connectivity index (χ4v) is 2.50. The molecule has 0 fully saturated rings. The van der Waals surface area contributed by atoms with Crippen LogP contribution in [-0.4, -0.2) is 9.78 Å². The molecule has 0 radical (unpaired) electrons. The largest absolute Gasteiger partial charge is 0.377 e. The Morgan fingerprint density at radius 3 is 2.78 bits per heavy atom. The highest BCUT2D eigenvalue weighted by atomic mass is 79.9. The molecule has 0 aliphatic heterocycles. The second-order valence-electron chi connectivity index (χ2n) is 4.33. The number of hydrogen-bond acceptors (Lipinski definition) is 2. The zero-order chi connectivity index (χ0) is 13.3. The summed E-state index contributed by atoms with van der Waals surface area (Å²) in [5.74, 6) is 0. The molecule has 5 heteroatoms. The van der Waals surface area contributed by atoms with Crippen molar-refractivity contribution in [2.75, 3.05) is 5.32 Å². The molecule has 1 N–H and O–H groups in total. The first-order chi connectivity index (χ1) is 8.47. The Hall–Kier alpha value is -1.000. The van der Waals surface area contributed by atoms with Gasteiger partial charge in [0.05, 0.1) is 22.4 Å². The van der Waals surface area contributed by atoms with Gasteiger partial charge in [-0.2, -0.15) is 5.10 Å². The highest BCUT2D eigenvalue weighted by Crippen LogP contribution is 2.29. The van der Waals surface area contributed by atoms with Gasteiger partial charge >= 0.3 is 0 Å². The molecular formula is C13H15BrClN3. The Morgan fingerprint density at radius 2 is 2.17 bits per heavy atom. The number of nitrogens with zero attached hydrogens (tertiary/aromatic N) is 2. The van der Waals surface area contributed by atoms with Crippen LogP contribution in [-0.2, 0) is 7.05 Å². The van der Waals surface area contributed by atoms with E-state index in [0.29, 0.717) is 5.02 Å². The molecule has 18 heavy (non-hydrogen) atoms. The highest BCUT2D eigenvalue weighted by molar-refractivity contribution is 9.10. The van der Waals surface area contributed by atoms with Gasteiger partial charge in [0.1, 0.15) is 0 Å². The summed E-state index contributed by atoms with van der Waals surface area (Å²) >= 11 is 9.61. The Morgan fingerprint density at radius 1 is 1.44 bits per heavy atom. The van der Waals surface area contributed by atoms with Gasteiger partial charge in [0.25, 0.3) is 0 Å². The molecule has 1 aromatic carbocycles. The average molecular weight is 329 g/mol. The maximum Gasteiger partial charge on any atom is 0.0646 e. The van der Waals surface area contributed by atoms with Crippen molar-refractivity contribution in [1.29, 1.82) is 0 Å². The normalized spacial score (nSPS) is 12.5. The van der Waals surface area contributed by atoms with E-state index in [4.69, 9.17) is 11.6 Å². The van der Waals surface area contributed by atoms with Crippen LogP contribution in [0.5, 0.6) is 0 Å². The number of aromatic nitrogens is 2. The van der Waals surface area contributed by atoms with Crippen molar-refractivity contribution in [3.63, 3.8) is 0 Å². The van der Waals surface area contributed by atoms with E-state index in [1.807, 2.05) is 43.0 Å². The van der Waals surface area contributed by atoms with Gasteiger partial charge in [-0.3, -0.25) is 4.68 Å². The quantitative estimate of drug-likeness (QED) is 0.909. The molecular weight excluding hydrogens is 314 g/mol. The van der Waals surface area contributed by atoms with E-state index in [1.165, 1.54) is 5.56 Å². The third kappa shape index (κ3) is 2.87. The summed E-state index contributed by atoms with van der Waals surface area (Å²) in [6.45, 7) is 4.11. The first kappa shape index (κ1) is 13.4. The Bertz CT molecular complexity index is 565. The molecule has 0 aliphatic carbocycles. The van der Waals surface area contributed by atoms with Crippen molar-refractivity contribution < 1.29 is 0 Å². The number of nitrogens with one attached hydrogen (secondary N) is 1. The van der Waals surface area contributed by atoms with E-state index >= 15 is 0 Å². The van der Waals surface area contributed by atoms with Crippen LogP contribution in [0.4, 0.5) is 5.69 Å². The molecule has 1 atom stereocenters. The van der Waals surface area contributed by atoms with E-state index in [9.17, 15) is 0 Å². The van der Waals surface area contributed by atoms with Crippen molar-refractivity contribution in [2.24, 2.45) is 7.05 Å². The summed E-state index contributed by atoms with van der Waals surface area (Å²) in [5, 5.41) is 8.47. The Labute approximate surface area is 120 Å². The number of halogens is 2. The fourth-order valence-electron chi connectivity index (χ4n) is 1.96. The van der Waals surface area contributed by atoms with Crippen LogP contribution in [0.25, 0.3) is 0 Å². The van der Waals surface area contributed by atoms with Gasteiger partial charge in [0, 0.05) is 23.3 Å². The molecule has 1 unspecified atom stereocenters. The predicted octanol–water partition coefficient (Wildman–Crippen LogP) is 4.32. The van der Waals surface area contributed by atoms with Gasteiger partial charge in [-0.15, -0.1) is 0 Å². The van der Waals surface area contributed by atoms with E-state index in [1.54, 1.807) is 0 Å². The van der Waals surface area contributed by atoms with E-state index < -0.39 is 0 Å². The number of hydrogen-bond donors (Lipinski definition) is 1. The lowest BCUT2D eigenvalue weighted by Gasteiger charge is -2.16. The summed E-state index contributed by atoms with van der Waals surface area (Å²) < 4.78 is 2.83. The highest BCUT2D eigenvalue weighted by Gasteiger charge is 2.13. The summed E-state index contributed by atoms with van der Waals surface area (Å²) in [6.07, 6.45) is 2.03. The van der Waals surface area contributed by atoms with E-state index in [0.717, 1.165) is 15.9 Å². The lowest BCUT2D eigenvalue weighted by Crippen LogP contribution is -2.07. The number of benzene rings is 1. The van der Waals surface area contributed by atoms with Gasteiger partial charge < -0.3 is 5.32 Å². The second kappa shape index (κ2) is 5.33. The Balaban J connectivity index is 2.23. The first-order valence-electron chi connectivity index (χ1n) is 5.69. The molecule has 0 bridgehead atoms. The van der Waals surface area contributed by atoms with Gasteiger partial charge in [0.15, 0.2) is 0 Å². The monoisotopic (exact) mass is 327 g/mol. The zero-order valence-electron chi connectivity index (χ0n) is 10.5. The second-order valence-corrected chi connectivity index (χ2v) is 5.66. The maximum atomic E-state index is 6.17. The van der Waals surface area contributed by atoms with Gasteiger partial charge in [-0.1, -0.05) is 27.5 Å². The lowest BCUT2D eigenvalue weighted by atomic mass is 10.1. The zero-order valence-corrected chi connectivity index (χ0v) is 12.9. The van der Waals surface area contributed by atoms with Gasteiger partial charge in [0.2, 0.25) is 0 Å². The summed E-state index contributed by atoms with van der Waals surface area (Å²) in [7, 11) is 1.93. The predicted molar refractivity (Wildman–Crippen MR) is 79.1 cm³/mol. The van der Waals surface area contributed by atoms with Crippen molar-refractivity contribution in [3.05, 3.63) is 45.1 Å². The third-order valence-electron chi connectivity index (χ3n) is 2.82. The van der Waals surface area contributed by atoms with Crippen LogP contribution in [0, 0.1) is 6.92 Å². The van der Waals surface area contributed by atoms with Crippen LogP contribution in [0.2, 0.25) is 5.02 Å². The summed E-state index contributed by atoms with van der Waals surface area (Å²) in [4.78, 5) is 0. The molecule has 1 heterocycles. The van der Waals surface area contributed by atoms with Crippen LogP contribution in [0.3, 0.4) is 0 Å². The third-order valence-corrected chi connectivity index (χ3v) is 3.64. The van der Waals surface area contributed by atoms with E-state index in [-0.39, 0.29) is 6.04 Å². The number of aryl methyl sites for hydroxylation is 2. The molecule has 96 valence electrons. The maximum absolute atomic E-state index is 6.17. The van der Waals surface area contributed by atoms with Gasteiger partial charge in [-0.05, 0) is 32.0 Å². The smallest absolute Gasteiger partial charge is 0.0646 e. The minimum absolute atomic E-state index is 0.158. The molecule has 0 saturated heterocycles. The van der Waals surface area contributed by atoms with Crippen molar-refractivity contribution in [2.45, 2.75) is 19.9 Å². The molecule has 0 aliphatic rings. The molecule has 1 aromatic heterocycles. The fraction of sp³-hybridized carbons (Fsp3) is 0.308. The topological polar surface area (TPSA) is 29.9 Å². The van der Waals surface area contributed by atoms with Crippen LogP contribution >= 0.6 is 27.5 Å². The van der Waals surface area contributed by atoms with Crippen molar-refractivity contribution in [1.82, 2.24) is 9.78 Å². The average Bonchev–Trinajstić information content (AvgIpc) is 2.63. The van der Waals surface area contributed by atoms with Crippen LogP contribution in [0.1, 0.15) is 24.2 Å². The summed E-state index contributed by atoms with van der Waals surface area (Å²) in [5.41, 5.74) is 3.12. The molecule has 2 aromatic rings. The molecule has 3 nitrogen and oxygen atoms in total. The number of anilines is 1. The summed E-state index contributed by atoms with van der Waals surface area (Å²) in [6, 6.07) is 5.93. The lowest BCUT2D eigenvalue weighted by molar-refractivity contribution is 0.756. The van der Waals surface area contributed by atoms with Crippen molar-refractivity contribution >= 4 is 33.2 Å². The molecule has 0 spiro atoms. The van der Waals surface area contributed by atoms with Crippen LogP contribution in [0.15, 0.2) is 28.9 Å². The first-order valence-corrected chi connectivity index (χ1v) is 6.86. The Kier molecular flexibility index (Phi) is 3.97. The SMILES string of the molecule is Cc1nn(C)cc1C(C)Nc1cc(Br)ccc1Cl. The molecule has 2 rings (SSSR count). The minimum Gasteiger partial charge on any atom is -0.377 e. The van der Waals surface area contributed by atoms with Crippen LogP contribution < -0.4 is 5.32 Å². The van der Waals surface area contributed by atoms with Gasteiger partial charge in [-0.25, -0.2) is 0 Å². The minimum atomic E-state index is 0.158. The molecule has 0 saturated carbocycles. The standard InChI is InChI=1S/C13H15BrClN3/c1-8(11-7-18(3)17-9(11)2)16-13-6-10(14)4-5-12(13)15/h4-8,16H,1-3H3. The number of rotatable bonds is 3. The van der Waals surface area contributed by atoms with E-state index in [2.05, 4.69) is 33.3 Å². The van der Waals surface area contributed by atoms with Crippen molar-refractivity contribution in [3.8, 4) is 0 Å².